The fourth-order valence-electron chi connectivity index (χ4n) is 3.48. The lowest BCUT2D eigenvalue weighted by molar-refractivity contribution is -0.133. The van der Waals surface area contributed by atoms with Gasteiger partial charge in [0.2, 0.25) is 5.91 Å². The first-order valence-electron chi connectivity index (χ1n) is 8.61. The summed E-state index contributed by atoms with van der Waals surface area (Å²) in [5.74, 6) is 0.260. The fourth-order valence-corrected chi connectivity index (χ4v) is 3.48. The number of ether oxygens (including phenoxy) is 1. The molecule has 2 aliphatic heterocycles. The van der Waals surface area contributed by atoms with Crippen molar-refractivity contribution < 1.29 is 19.1 Å². The number of benzene rings is 2. The second kappa shape index (κ2) is 6.67. The Kier molecular flexibility index (Phi) is 4.20. The molecule has 0 radical (unpaired) electrons. The number of hydrogen-bond donors (Lipinski definition) is 1. The van der Waals surface area contributed by atoms with Crippen LogP contribution in [0.15, 0.2) is 42.5 Å². The minimum atomic E-state index is -0.373. The first-order chi connectivity index (χ1) is 12.6. The maximum absolute atomic E-state index is 12.4. The van der Waals surface area contributed by atoms with E-state index < -0.39 is 0 Å². The third-order valence-corrected chi connectivity index (χ3v) is 4.84. The molecule has 0 spiro atoms. The van der Waals surface area contributed by atoms with E-state index in [-0.39, 0.29) is 37.0 Å². The van der Waals surface area contributed by atoms with Gasteiger partial charge in [0.25, 0.3) is 5.91 Å². The van der Waals surface area contributed by atoms with E-state index in [1.54, 1.807) is 4.90 Å². The average molecular weight is 353 g/mol. The summed E-state index contributed by atoms with van der Waals surface area (Å²) in [7, 11) is 0. The molecule has 1 atom stereocenters. The van der Waals surface area contributed by atoms with E-state index >= 15 is 0 Å². The molecule has 26 heavy (non-hydrogen) atoms. The number of carbonyl (C=O) groups is 3. The predicted octanol–water partition coefficient (Wildman–Crippen LogP) is 1.37. The van der Waals surface area contributed by atoms with Crippen LogP contribution in [0.25, 0.3) is 10.8 Å². The van der Waals surface area contributed by atoms with Crippen LogP contribution in [0, 0.1) is 0 Å². The van der Waals surface area contributed by atoms with Crippen LogP contribution in [0.1, 0.15) is 6.42 Å². The van der Waals surface area contributed by atoms with Gasteiger partial charge in [0.15, 0.2) is 6.61 Å². The van der Waals surface area contributed by atoms with Crippen molar-refractivity contribution in [3.05, 3.63) is 42.5 Å². The van der Waals surface area contributed by atoms with E-state index in [2.05, 4.69) is 5.32 Å². The van der Waals surface area contributed by atoms with Gasteiger partial charge in [-0.25, -0.2) is 4.79 Å². The molecule has 7 heteroatoms. The minimum absolute atomic E-state index is 0.0361. The fraction of sp³-hybridized carbons (Fsp3) is 0.316. The summed E-state index contributed by atoms with van der Waals surface area (Å²) in [4.78, 5) is 38.8. The maximum atomic E-state index is 12.4. The highest BCUT2D eigenvalue weighted by molar-refractivity contribution is 6.02. The van der Waals surface area contributed by atoms with E-state index in [0.717, 1.165) is 10.8 Å². The molecule has 4 amide bonds. The summed E-state index contributed by atoms with van der Waals surface area (Å²) >= 11 is 0. The first-order valence-corrected chi connectivity index (χ1v) is 8.61. The van der Waals surface area contributed by atoms with Crippen LogP contribution < -0.4 is 10.1 Å². The highest BCUT2D eigenvalue weighted by Gasteiger charge is 2.39. The summed E-state index contributed by atoms with van der Waals surface area (Å²) < 4.78 is 5.64. The maximum Gasteiger partial charge on any atom is 0.324 e. The van der Waals surface area contributed by atoms with Crippen LogP contribution >= 0.6 is 0 Å². The van der Waals surface area contributed by atoms with Crippen LogP contribution in [-0.2, 0) is 9.59 Å². The SMILES string of the molecule is O=C(COc1ccc2ccccc2c1)N1CCC(N2C(=O)CNC2=O)C1. The highest BCUT2D eigenvalue weighted by Crippen LogP contribution is 2.21. The van der Waals surface area contributed by atoms with Crippen molar-refractivity contribution in [2.75, 3.05) is 26.2 Å². The molecule has 0 saturated carbocycles. The van der Waals surface area contributed by atoms with Crippen molar-refractivity contribution in [1.29, 1.82) is 0 Å². The van der Waals surface area contributed by atoms with Gasteiger partial charge >= 0.3 is 6.03 Å². The lowest BCUT2D eigenvalue weighted by atomic mass is 10.1. The van der Waals surface area contributed by atoms with Crippen LogP contribution in [-0.4, -0.2) is 59.9 Å². The zero-order valence-electron chi connectivity index (χ0n) is 14.2. The number of imide groups is 1. The van der Waals surface area contributed by atoms with Crippen molar-refractivity contribution in [2.45, 2.75) is 12.5 Å². The van der Waals surface area contributed by atoms with E-state index in [1.807, 2.05) is 42.5 Å². The third-order valence-electron chi connectivity index (χ3n) is 4.84. The monoisotopic (exact) mass is 353 g/mol. The Morgan fingerprint density at radius 2 is 1.96 bits per heavy atom. The molecule has 134 valence electrons. The van der Waals surface area contributed by atoms with Crippen molar-refractivity contribution in [2.24, 2.45) is 0 Å². The zero-order chi connectivity index (χ0) is 18.1. The van der Waals surface area contributed by atoms with Gasteiger partial charge in [-0.15, -0.1) is 0 Å². The van der Waals surface area contributed by atoms with Gasteiger partial charge in [0, 0.05) is 13.1 Å². The quantitative estimate of drug-likeness (QED) is 0.842. The molecule has 2 fully saturated rings. The molecule has 2 aromatic carbocycles. The largest absolute Gasteiger partial charge is 0.484 e. The Morgan fingerprint density at radius 3 is 2.73 bits per heavy atom. The number of carbonyl (C=O) groups excluding carboxylic acids is 3. The summed E-state index contributed by atoms with van der Waals surface area (Å²) in [6.45, 7) is 0.847. The number of nitrogens with one attached hydrogen (secondary N) is 1. The van der Waals surface area contributed by atoms with Gasteiger partial charge < -0.3 is 15.0 Å². The van der Waals surface area contributed by atoms with Crippen molar-refractivity contribution >= 4 is 28.6 Å². The van der Waals surface area contributed by atoms with Gasteiger partial charge in [-0.3, -0.25) is 14.5 Å². The van der Waals surface area contributed by atoms with Gasteiger partial charge in [0.05, 0.1) is 12.6 Å². The normalized spacial score (nSPS) is 19.9. The molecule has 2 heterocycles. The second-order valence-corrected chi connectivity index (χ2v) is 6.50. The minimum Gasteiger partial charge on any atom is -0.484 e. The number of likely N-dealkylation sites (tertiary alicyclic amines) is 1. The first kappa shape index (κ1) is 16.4. The van der Waals surface area contributed by atoms with Crippen LogP contribution in [0.5, 0.6) is 5.75 Å². The summed E-state index contributed by atoms with van der Waals surface area (Å²) in [5, 5.41) is 4.68. The molecule has 0 bridgehead atoms. The molecule has 0 aliphatic carbocycles. The molecule has 4 rings (SSSR count). The molecular formula is C19H19N3O4. The van der Waals surface area contributed by atoms with Crippen molar-refractivity contribution in [3.63, 3.8) is 0 Å². The lowest BCUT2D eigenvalue weighted by Gasteiger charge is -2.21. The molecule has 2 aliphatic rings. The number of rotatable bonds is 4. The van der Waals surface area contributed by atoms with Crippen LogP contribution in [0.2, 0.25) is 0 Å². The van der Waals surface area contributed by atoms with Crippen LogP contribution in [0.3, 0.4) is 0 Å². The van der Waals surface area contributed by atoms with E-state index in [0.29, 0.717) is 25.3 Å². The summed E-state index contributed by atoms with van der Waals surface area (Å²) in [5.41, 5.74) is 0. The smallest absolute Gasteiger partial charge is 0.324 e. The molecule has 0 aromatic heterocycles. The molecule has 1 N–H and O–H groups in total. The highest BCUT2D eigenvalue weighted by atomic mass is 16.5. The number of hydrogen-bond acceptors (Lipinski definition) is 4. The second-order valence-electron chi connectivity index (χ2n) is 6.50. The summed E-state index contributed by atoms with van der Waals surface area (Å²) in [6.07, 6.45) is 0.598. The van der Waals surface area contributed by atoms with Gasteiger partial charge in [-0.1, -0.05) is 30.3 Å². The number of urea groups is 1. The third kappa shape index (κ3) is 3.08. The number of amides is 4. The molecule has 1 unspecified atom stereocenters. The summed E-state index contributed by atoms with van der Waals surface area (Å²) in [6, 6.07) is 13.0. The molecule has 2 aromatic rings. The Balaban J connectivity index is 1.35. The molecule has 7 nitrogen and oxygen atoms in total. The Morgan fingerprint density at radius 1 is 1.15 bits per heavy atom. The molecule has 2 saturated heterocycles. The van der Waals surface area contributed by atoms with Gasteiger partial charge in [-0.2, -0.15) is 0 Å². The number of nitrogens with zero attached hydrogens (tertiary/aromatic N) is 2. The number of fused-ring (bicyclic) bond motifs is 1. The topological polar surface area (TPSA) is 79.0 Å². The van der Waals surface area contributed by atoms with Crippen molar-refractivity contribution in [3.8, 4) is 5.75 Å². The standard InChI is InChI=1S/C19H19N3O4/c23-17-10-20-19(25)22(17)15-7-8-21(11-15)18(24)12-26-16-6-5-13-3-1-2-4-14(13)9-16/h1-6,9,15H,7-8,10-12H2,(H,20,25). The Bertz CT molecular complexity index is 866. The Hall–Kier alpha value is -3.09. The molecular weight excluding hydrogens is 334 g/mol. The van der Waals surface area contributed by atoms with E-state index in [9.17, 15) is 14.4 Å². The van der Waals surface area contributed by atoms with Gasteiger partial charge in [0.1, 0.15) is 5.75 Å². The lowest BCUT2D eigenvalue weighted by Crippen LogP contribution is -2.43. The van der Waals surface area contributed by atoms with E-state index in [1.165, 1.54) is 4.90 Å². The average Bonchev–Trinajstić information content (AvgIpc) is 3.26. The zero-order valence-corrected chi connectivity index (χ0v) is 14.2. The van der Waals surface area contributed by atoms with Crippen molar-refractivity contribution in [1.82, 2.24) is 15.1 Å². The van der Waals surface area contributed by atoms with Crippen LogP contribution in [0.4, 0.5) is 4.79 Å². The Labute approximate surface area is 150 Å². The van der Waals surface area contributed by atoms with E-state index in [4.69, 9.17) is 4.74 Å². The van der Waals surface area contributed by atoms with Gasteiger partial charge in [-0.05, 0) is 29.3 Å². The predicted molar refractivity (Wildman–Crippen MR) is 94.7 cm³/mol.